The van der Waals surface area contributed by atoms with Gasteiger partial charge in [0.25, 0.3) is 0 Å². The highest BCUT2D eigenvalue weighted by molar-refractivity contribution is 5.82. The van der Waals surface area contributed by atoms with Crippen molar-refractivity contribution in [2.45, 2.75) is 13.8 Å². The van der Waals surface area contributed by atoms with Crippen LogP contribution >= 0.6 is 0 Å². The average Bonchev–Trinajstić information content (AvgIpc) is 2.39. The van der Waals surface area contributed by atoms with Crippen molar-refractivity contribution in [2.75, 3.05) is 31.6 Å². The van der Waals surface area contributed by atoms with E-state index in [4.69, 9.17) is 0 Å². The van der Waals surface area contributed by atoms with Crippen LogP contribution < -0.4 is 4.90 Å². The van der Waals surface area contributed by atoms with Gasteiger partial charge in [0.05, 0.1) is 11.5 Å². The summed E-state index contributed by atoms with van der Waals surface area (Å²) in [7, 11) is 1.53. The number of hydrogen-bond donors (Lipinski definition) is 0. The molecule has 0 saturated heterocycles. The Morgan fingerprint density at radius 3 is 2.45 bits per heavy atom. The molecule has 7 heteroatoms. The van der Waals surface area contributed by atoms with Gasteiger partial charge in [0, 0.05) is 20.1 Å². The molecule has 0 unspecified atom stereocenters. The van der Waals surface area contributed by atoms with Crippen LogP contribution in [0.1, 0.15) is 13.8 Å². The summed E-state index contributed by atoms with van der Waals surface area (Å²) in [5.74, 6) is -1.06. The number of rotatable bonds is 6. The maximum atomic E-state index is 13.5. The Hall–Kier alpha value is -2.18. The molecule has 0 saturated carbocycles. The van der Waals surface area contributed by atoms with E-state index in [1.165, 1.54) is 24.1 Å². The first-order valence-corrected chi connectivity index (χ1v) is 6.34. The van der Waals surface area contributed by atoms with Gasteiger partial charge in [-0.05, 0) is 26.0 Å². The van der Waals surface area contributed by atoms with Gasteiger partial charge >= 0.3 is 5.69 Å². The molecule has 1 amide bonds. The molecular formula is C13H18FN3O3. The molecule has 0 fully saturated rings. The minimum atomic E-state index is -0.908. The van der Waals surface area contributed by atoms with Crippen molar-refractivity contribution in [3.8, 4) is 0 Å². The van der Waals surface area contributed by atoms with E-state index >= 15 is 0 Å². The molecule has 0 radical (unpaired) electrons. The summed E-state index contributed by atoms with van der Waals surface area (Å²) in [6.45, 7) is 4.80. The first-order valence-electron chi connectivity index (χ1n) is 6.34. The fourth-order valence-corrected chi connectivity index (χ4v) is 1.96. The zero-order valence-electron chi connectivity index (χ0n) is 11.8. The second-order valence-corrected chi connectivity index (χ2v) is 4.29. The van der Waals surface area contributed by atoms with Gasteiger partial charge in [-0.2, -0.15) is 4.39 Å². The smallest absolute Gasteiger partial charge is 0.327 e. The number of amides is 1. The van der Waals surface area contributed by atoms with Gasteiger partial charge in [-0.1, -0.05) is 6.07 Å². The van der Waals surface area contributed by atoms with Crippen LogP contribution in [0, 0.1) is 15.9 Å². The second kappa shape index (κ2) is 6.83. The summed E-state index contributed by atoms with van der Waals surface area (Å²) >= 11 is 0. The van der Waals surface area contributed by atoms with Crippen LogP contribution in [0.25, 0.3) is 0 Å². The molecule has 1 rings (SSSR count). The number of benzene rings is 1. The average molecular weight is 283 g/mol. The van der Waals surface area contributed by atoms with Crippen LogP contribution in [0.3, 0.4) is 0 Å². The Balaban J connectivity index is 2.99. The van der Waals surface area contributed by atoms with E-state index in [2.05, 4.69) is 0 Å². The van der Waals surface area contributed by atoms with Gasteiger partial charge in [-0.25, -0.2) is 0 Å². The zero-order chi connectivity index (χ0) is 15.3. The molecule has 0 aliphatic heterocycles. The Morgan fingerprint density at radius 1 is 1.35 bits per heavy atom. The van der Waals surface area contributed by atoms with E-state index in [1.807, 2.05) is 13.8 Å². The number of hydrogen-bond acceptors (Lipinski definition) is 4. The van der Waals surface area contributed by atoms with Crippen molar-refractivity contribution < 1.29 is 14.1 Å². The van der Waals surface area contributed by atoms with E-state index in [0.29, 0.717) is 13.1 Å². The van der Waals surface area contributed by atoms with Gasteiger partial charge in [-0.3, -0.25) is 14.9 Å². The highest BCUT2D eigenvalue weighted by Gasteiger charge is 2.24. The Kier molecular flexibility index (Phi) is 5.42. The van der Waals surface area contributed by atoms with Crippen molar-refractivity contribution in [3.63, 3.8) is 0 Å². The molecular weight excluding hydrogens is 265 g/mol. The molecule has 0 spiro atoms. The van der Waals surface area contributed by atoms with Gasteiger partial charge in [0.1, 0.15) is 5.69 Å². The minimum Gasteiger partial charge on any atom is -0.360 e. The summed E-state index contributed by atoms with van der Waals surface area (Å²) in [4.78, 5) is 25.1. The van der Waals surface area contributed by atoms with Crippen molar-refractivity contribution in [1.29, 1.82) is 0 Å². The maximum absolute atomic E-state index is 13.5. The number of nitro groups is 1. The Morgan fingerprint density at radius 2 is 1.95 bits per heavy atom. The molecule has 1 aromatic rings. The quantitative estimate of drug-likeness (QED) is 0.592. The van der Waals surface area contributed by atoms with Crippen LogP contribution in [0.15, 0.2) is 18.2 Å². The fraction of sp³-hybridized carbons (Fsp3) is 0.462. The van der Waals surface area contributed by atoms with Crippen LogP contribution in [-0.4, -0.2) is 42.4 Å². The lowest BCUT2D eigenvalue weighted by Gasteiger charge is -2.24. The molecule has 1 aromatic carbocycles. The van der Waals surface area contributed by atoms with E-state index in [1.54, 1.807) is 4.90 Å². The largest absolute Gasteiger partial charge is 0.360 e. The molecule has 0 heterocycles. The van der Waals surface area contributed by atoms with E-state index < -0.39 is 16.4 Å². The summed E-state index contributed by atoms with van der Waals surface area (Å²) in [5, 5.41) is 10.9. The standard InChI is InChI=1S/C13H18FN3O3/c1-4-16(5-2)12(18)9-15(3)11-8-6-7-10(14)13(11)17(19)20/h6-8H,4-5,9H2,1-3H3. The highest BCUT2D eigenvalue weighted by Crippen LogP contribution is 2.29. The van der Waals surface area contributed by atoms with Crippen LogP contribution in [0.5, 0.6) is 0 Å². The van der Waals surface area contributed by atoms with Gasteiger partial charge < -0.3 is 9.80 Å². The van der Waals surface area contributed by atoms with Crippen LogP contribution in [0.4, 0.5) is 15.8 Å². The van der Waals surface area contributed by atoms with Gasteiger partial charge in [-0.15, -0.1) is 0 Å². The lowest BCUT2D eigenvalue weighted by Crippen LogP contribution is -2.39. The monoisotopic (exact) mass is 283 g/mol. The van der Waals surface area contributed by atoms with Gasteiger partial charge in [0.15, 0.2) is 0 Å². The van der Waals surface area contributed by atoms with E-state index in [-0.39, 0.29) is 18.1 Å². The number of anilines is 1. The van der Waals surface area contributed by atoms with Crippen molar-refractivity contribution in [2.24, 2.45) is 0 Å². The lowest BCUT2D eigenvalue weighted by molar-refractivity contribution is -0.386. The molecule has 0 bridgehead atoms. The number of likely N-dealkylation sites (N-methyl/N-ethyl adjacent to an activating group) is 2. The predicted octanol–water partition coefficient (Wildman–Crippen LogP) is 2.04. The lowest BCUT2D eigenvalue weighted by atomic mass is 10.2. The number of carbonyl (C=O) groups excluding carboxylic acids is 1. The number of nitro benzene ring substituents is 1. The molecule has 0 N–H and O–H groups in total. The normalized spacial score (nSPS) is 10.2. The number of halogens is 1. The summed E-state index contributed by atoms with van der Waals surface area (Å²) in [6, 6.07) is 3.84. The molecule has 6 nitrogen and oxygen atoms in total. The Bertz CT molecular complexity index is 504. The second-order valence-electron chi connectivity index (χ2n) is 4.29. The van der Waals surface area contributed by atoms with Crippen LogP contribution in [-0.2, 0) is 4.79 Å². The molecule has 0 aromatic heterocycles. The number of carbonyl (C=O) groups is 1. The first-order chi connectivity index (χ1) is 9.42. The third-order valence-corrected chi connectivity index (χ3v) is 3.05. The van der Waals surface area contributed by atoms with E-state index in [9.17, 15) is 19.3 Å². The highest BCUT2D eigenvalue weighted by atomic mass is 19.1. The maximum Gasteiger partial charge on any atom is 0.327 e. The van der Waals surface area contributed by atoms with Crippen molar-refractivity contribution in [1.82, 2.24) is 4.90 Å². The SMILES string of the molecule is CCN(CC)C(=O)CN(C)c1cccc(F)c1[N+](=O)[O-]. The minimum absolute atomic E-state index is 0.0357. The van der Waals surface area contributed by atoms with Crippen molar-refractivity contribution >= 4 is 17.3 Å². The summed E-state index contributed by atoms with van der Waals surface area (Å²) in [6.07, 6.45) is 0. The first kappa shape index (κ1) is 15.9. The summed E-state index contributed by atoms with van der Waals surface area (Å²) in [5.41, 5.74) is -0.516. The van der Waals surface area contributed by atoms with Crippen LogP contribution in [0.2, 0.25) is 0 Å². The predicted molar refractivity (Wildman–Crippen MR) is 74.3 cm³/mol. The number of para-hydroxylation sites is 1. The molecule has 0 aliphatic rings. The van der Waals surface area contributed by atoms with Gasteiger partial charge in [0.2, 0.25) is 11.7 Å². The Labute approximate surface area is 116 Å². The summed E-state index contributed by atoms with van der Waals surface area (Å²) < 4.78 is 13.5. The zero-order valence-corrected chi connectivity index (χ0v) is 11.8. The third-order valence-electron chi connectivity index (χ3n) is 3.05. The number of nitrogens with zero attached hydrogens (tertiary/aromatic N) is 3. The topological polar surface area (TPSA) is 66.7 Å². The molecule has 0 atom stereocenters. The molecule has 20 heavy (non-hydrogen) atoms. The van der Waals surface area contributed by atoms with Crippen molar-refractivity contribution in [3.05, 3.63) is 34.1 Å². The third kappa shape index (κ3) is 3.43. The molecule has 0 aliphatic carbocycles. The van der Waals surface area contributed by atoms with E-state index in [0.717, 1.165) is 6.07 Å². The fourth-order valence-electron chi connectivity index (χ4n) is 1.96. The molecule has 110 valence electrons.